The van der Waals surface area contributed by atoms with Gasteiger partial charge >= 0.3 is 0 Å². The number of rotatable bonds is 5. The second-order valence-corrected chi connectivity index (χ2v) is 5.77. The minimum absolute atomic E-state index is 0.110. The molecule has 0 atom stereocenters. The molecule has 2 aromatic carbocycles. The van der Waals surface area contributed by atoms with Gasteiger partial charge in [0.05, 0.1) is 12.1 Å². The Labute approximate surface area is 151 Å². The summed E-state index contributed by atoms with van der Waals surface area (Å²) in [4.78, 5) is 28.2. The molecule has 2 N–H and O–H groups in total. The highest BCUT2D eigenvalue weighted by Crippen LogP contribution is 2.22. The molecule has 0 spiro atoms. The van der Waals surface area contributed by atoms with Gasteiger partial charge in [-0.15, -0.1) is 0 Å². The lowest BCUT2D eigenvalue weighted by Crippen LogP contribution is -2.18. The van der Waals surface area contributed by atoms with Crippen molar-refractivity contribution in [2.24, 2.45) is 0 Å². The Hall–Kier alpha value is -3.41. The highest BCUT2D eigenvalue weighted by Gasteiger charge is 2.15. The Morgan fingerprint density at radius 1 is 1.04 bits per heavy atom. The third kappa shape index (κ3) is 3.97. The van der Waals surface area contributed by atoms with E-state index in [0.29, 0.717) is 28.6 Å². The Morgan fingerprint density at radius 3 is 2.38 bits per heavy atom. The molecular weight excluding hydrogens is 330 g/mol. The van der Waals surface area contributed by atoms with Crippen molar-refractivity contribution in [2.75, 3.05) is 12.4 Å². The predicted molar refractivity (Wildman–Crippen MR) is 98.8 cm³/mol. The molecule has 0 aliphatic heterocycles. The summed E-state index contributed by atoms with van der Waals surface area (Å²) in [6, 6.07) is 16.2. The maximum atomic E-state index is 12.3. The third-order valence-electron chi connectivity index (χ3n) is 3.90. The zero-order valence-electron chi connectivity index (χ0n) is 14.6. The van der Waals surface area contributed by atoms with Crippen molar-refractivity contribution in [2.45, 2.75) is 13.3 Å². The van der Waals surface area contributed by atoms with Gasteiger partial charge in [0.2, 0.25) is 11.8 Å². The summed E-state index contributed by atoms with van der Waals surface area (Å²) in [5.41, 5.74) is 2.62. The zero-order chi connectivity index (χ0) is 18.5. The Morgan fingerprint density at radius 2 is 1.73 bits per heavy atom. The van der Waals surface area contributed by atoms with Crippen molar-refractivity contribution in [1.82, 2.24) is 10.3 Å². The summed E-state index contributed by atoms with van der Waals surface area (Å²) in [5.74, 6) is 0.748. The summed E-state index contributed by atoms with van der Waals surface area (Å²) in [6.45, 7) is 1.79. The number of amides is 2. The number of aryl methyl sites for hydroxylation is 1. The lowest BCUT2D eigenvalue weighted by molar-refractivity contribution is -0.115. The number of oxazole rings is 1. The second-order valence-electron chi connectivity index (χ2n) is 5.77. The van der Waals surface area contributed by atoms with Crippen LogP contribution in [0.25, 0.3) is 11.5 Å². The van der Waals surface area contributed by atoms with E-state index in [4.69, 9.17) is 4.42 Å². The molecule has 0 fully saturated rings. The van der Waals surface area contributed by atoms with E-state index in [1.807, 2.05) is 30.3 Å². The van der Waals surface area contributed by atoms with Gasteiger partial charge in [-0.05, 0) is 43.3 Å². The molecule has 0 radical (unpaired) electrons. The number of carbonyl (C=O) groups is 2. The van der Waals surface area contributed by atoms with Crippen molar-refractivity contribution in [3.05, 3.63) is 71.6 Å². The quantitative estimate of drug-likeness (QED) is 0.741. The van der Waals surface area contributed by atoms with Crippen LogP contribution in [0.3, 0.4) is 0 Å². The smallest absolute Gasteiger partial charge is 0.251 e. The zero-order valence-corrected chi connectivity index (χ0v) is 14.6. The maximum absolute atomic E-state index is 12.3. The first-order valence-corrected chi connectivity index (χ1v) is 8.20. The van der Waals surface area contributed by atoms with Crippen molar-refractivity contribution in [1.29, 1.82) is 0 Å². The Kier molecular flexibility index (Phi) is 5.12. The van der Waals surface area contributed by atoms with E-state index in [0.717, 1.165) is 5.56 Å². The Bertz CT molecular complexity index is 915. The molecule has 0 unspecified atom stereocenters. The fourth-order valence-corrected chi connectivity index (χ4v) is 2.50. The molecule has 132 valence electrons. The van der Waals surface area contributed by atoms with Gasteiger partial charge < -0.3 is 15.1 Å². The lowest BCUT2D eigenvalue weighted by atomic mass is 10.2. The van der Waals surface area contributed by atoms with Crippen molar-refractivity contribution >= 4 is 17.5 Å². The number of anilines is 1. The molecule has 3 rings (SSSR count). The molecule has 1 heterocycles. The number of nitrogens with zero attached hydrogens (tertiary/aromatic N) is 1. The number of aromatic nitrogens is 1. The van der Waals surface area contributed by atoms with E-state index in [9.17, 15) is 9.59 Å². The first kappa shape index (κ1) is 17.4. The molecule has 2 amide bonds. The second kappa shape index (κ2) is 7.65. The molecule has 0 aliphatic rings. The van der Waals surface area contributed by atoms with Gasteiger partial charge in [-0.3, -0.25) is 9.59 Å². The number of nitrogens with one attached hydrogen (secondary N) is 2. The SMILES string of the molecule is CNC(=O)c1ccc(NC(=O)Cc2nc(-c3ccccc3)oc2C)cc1. The number of hydrogen-bond donors (Lipinski definition) is 2. The van der Waals surface area contributed by atoms with E-state index in [-0.39, 0.29) is 18.2 Å². The fraction of sp³-hybridized carbons (Fsp3) is 0.150. The molecular formula is C20H19N3O3. The molecule has 3 aromatic rings. The van der Waals surface area contributed by atoms with Gasteiger partial charge in [-0.25, -0.2) is 4.98 Å². The van der Waals surface area contributed by atoms with Crippen LogP contribution < -0.4 is 10.6 Å². The third-order valence-corrected chi connectivity index (χ3v) is 3.90. The van der Waals surface area contributed by atoms with Gasteiger partial charge in [0.1, 0.15) is 5.76 Å². The van der Waals surface area contributed by atoms with Crippen LogP contribution in [0.5, 0.6) is 0 Å². The summed E-state index contributed by atoms with van der Waals surface area (Å²) < 4.78 is 5.67. The highest BCUT2D eigenvalue weighted by atomic mass is 16.4. The highest BCUT2D eigenvalue weighted by molar-refractivity contribution is 5.96. The molecule has 0 aliphatic carbocycles. The van der Waals surface area contributed by atoms with Crippen molar-refractivity contribution < 1.29 is 14.0 Å². The fourth-order valence-electron chi connectivity index (χ4n) is 2.50. The average Bonchev–Trinajstić information content (AvgIpc) is 3.03. The van der Waals surface area contributed by atoms with Crippen LogP contribution in [0.4, 0.5) is 5.69 Å². The van der Waals surface area contributed by atoms with Crippen LogP contribution >= 0.6 is 0 Å². The average molecular weight is 349 g/mol. The van der Waals surface area contributed by atoms with Crippen LogP contribution in [0.1, 0.15) is 21.8 Å². The first-order valence-electron chi connectivity index (χ1n) is 8.20. The molecule has 0 saturated carbocycles. The van der Waals surface area contributed by atoms with Crippen LogP contribution in [0.2, 0.25) is 0 Å². The summed E-state index contributed by atoms with van der Waals surface area (Å²) >= 11 is 0. The van der Waals surface area contributed by atoms with Crippen molar-refractivity contribution in [3.63, 3.8) is 0 Å². The van der Waals surface area contributed by atoms with Gasteiger partial charge in [0.15, 0.2) is 0 Å². The van der Waals surface area contributed by atoms with Gasteiger partial charge in [0, 0.05) is 23.9 Å². The van der Waals surface area contributed by atoms with Crippen LogP contribution in [-0.2, 0) is 11.2 Å². The Balaban J connectivity index is 1.67. The molecule has 6 heteroatoms. The molecule has 0 saturated heterocycles. The number of hydrogen-bond acceptors (Lipinski definition) is 4. The normalized spacial score (nSPS) is 10.4. The minimum Gasteiger partial charge on any atom is -0.441 e. The molecule has 1 aromatic heterocycles. The molecule has 0 bridgehead atoms. The van der Waals surface area contributed by atoms with E-state index in [1.165, 1.54) is 0 Å². The molecule has 6 nitrogen and oxygen atoms in total. The monoisotopic (exact) mass is 349 g/mol. The van der Waals surface area contributed by atoms with Crippen LogP contribution in [0, 0.1) is 6.92 Å². The van der Waals surface area contributed by atoms with E-state index < -0.39 is 0 Å². The van der Waals surface area contributed by atoms with E-state index in [2.05, 4.69) is 15.6 Å². The standard InChI is InChI=1S/C20H19N3O3/c1-13-17(23-20(26-13)15-6-4-3-5-7-15)12-18(24)22-16-10-8-14(9-11-16)19(25)21-2/h3-11H,12H2,1-2H3,(H,21,25)(H,22,24). The van der Waals surface area contributed by atoms with Crippen molar-refractivity contribution in [3.8, 4) is 11.5 Å². The number of carbonyl (C=O) groups excluding carboxylic acids is 2. The first-order chi connectivity index (χ1) is 12.6. The summed E-state index contributed by atoms with van der Waals surface area (Å²) in [6.07, 6.45) is 0.110. The predicted octanol–water partition coefficient (Wildman–Crippen LogP) is 3.19. The van der Waals surface area contributed by atoms with E-state index in [1.54, 1.807) is 38.2 Å². The van der Waals surface area contributed by atoms with Gasteiger partial charge in [0.25, 0.3) is 5.91 Å². The van der Waals surface area contributed by atoms with Crippen LogP contribution in [0.15, 0.2) is 59.0 Å². The number of benzene rings is 2. The van der Waals surface area contributed by atoms with Crippen LogP contribution in [-0.4, -0.2) is 23.8 Å². The topological polar surface area (TPSA) is 84.2 Å². The summed E-state index contributed by atoms with van der Waals surface area (Å²) in [7, 11) is 1.57. The lowest BCUT2D eigenvalue weighted by Gasteiger charge is -2.05. The largest absolute Gasteiger partial charge is 0.441 e. The van der Waals surface area contributed by atoms with Gasteiger partial charge in [-0.1, -0.05) is 18.2 Å². The minimum atomic E-state index is -0.200. The summed E-state index contributed by atoms with van der Waals surface area (Å²) in [5, 5.41) is 5.35. The van der Waals surface area contributed by atoms with E-state index >= 15 is 0 Å². The molecule has 26 heavy (non-hydrogen) atoms. The maximum Gasteiger partial charge on any atom is 0.251 e. The van der Waals surface area contributed by atoms with Gasteiger partial charge in [-0.2, -0.15) is 0 Å².